The Morgan fingerprint density at radius 3 is 2.41 bits per heavy atom. The van der Waals surface area contributed by atoms with Crippen LogP contribution in [0.4, 0.5) is 13.6 Å². The number of nitrogens with zero attached hydrogens (tertiary/aromatic N) is 3. The number of pyridine rings is 1. The number of carbonyl (C=O) groups is 3. The predicted molar refractivity (Wildman–Crippen MR) is 169 cm³/mol. The lowest BCUT2D eigenvalue weighted by molar-refractivity contribution is -0.138. The second-order valence-corrected chi connectivity index (χ2v) is 13.6. The SMILES string of the molecule is CC(C)(C)OC(=O)n1c(CC(=O)N2CC(F)CC2C(=O)NC(c2ccccc2)c2ccc(C3(C)CC3)c(F)n2)cc2ccccc21. The molecule has 2 aromatic heterocycles. The van der Waals surface area contributed by atoms with Crippen molar-refractivity contribution in [3.8, 4) is 0 Å². The number of carbonyl (C=O) groups excluding carboxylic acids is 3. The summed E-state index contributed by atoms with van der Waals surface area (Å²) in [5, 5.41) is 3.67. The average molecular weight is 629 g/mol. The van der Waals surface area contributed by atoms with Gasteiger partial charge < -0.3 is 15.0 Å². The van der Waals surface area contributed by atoms with Gasteiger partial charge in [-0.05, 0) is 62.8 Å². The number of fused-ring (bicyclic) bond motifs is 1. The van der Waals surface area contributed by atoms with Gasteiger partial charge in [0, 0.05) is 23.1 Å². The third-order valence-corrected chi connectivity index (χ3v) is 8.80. The molecule has 46 heavy (non-hydrogen) atoms. The zero-order valence-corrected chi connectivity index (χ0v) is 26.4. The first kappa shape index (κ1) is 31.4. The third-order valence-electron chi connectivity index (χ3n) is 8.80. The molecule has 8 nitrogen and oxygen atoms in total. The van der Waals surface area contributed by atoms with Crippen molar-refractivity contribution in [3.63, 3.8) is 0 Å². The van der Waals surface area contributed by atoms with Crippen molar-refractivity contribution in [2.45, 2.75) is 82.6 Å². The maximum Gasteiger partial charge on any atom is 0.419 e. The highest BCUT2D eigenvalue weighted by molar-refractivity contribution is 5.94. The number of halogens is 2. The summed E-state index contributed by atoms with van der Waals surface area (Å²) in [6, 6.07) is 19.5. The number of likely N-dealkylation sites (tertiary alicyclic amines) is 1. The van der Waals surface area contributed by atoms with E-state index in [4.69, 9.17) is 4.74 Å². The molecule has 1 N–H and O–H groups in total. The van der Waals surface area contributed by atoms with E-state index < -0.39 is 47.7 Å². The molecule has 1 saturated heterocycles. The summed E-state index contributed by atoms with van der Waals surface area (Å²) >= 11 is 0. The van der Waals surface area contributed by atoms with Gasteiger partial charge in [-0.25, -0.2) is 18.7 Å². The quantitative estimate of drug-likeness (QED) is 0.239. The fraction of sp³-hybridized carbons (Fsp3) is 0.389. The normalized spacial score (nSPS) is 19.6. The van der Waals surface area contributed by atoms with Crippen molar-refractivity contribution in [1.29, 1.82) is 0 Å². The average Bonchev–Trinajstić information content (AvgIpc) is 3.45. The van der Waals surface area contributed by atoms with E-state index in [2.05, 4.69) is 10.3 Å². The number of ether oxygens (including phenoxy) is 1. The molecule has 0 bridgehead atoms. The van der Waals surface area contributed by atoms with Gasteiger partial charge in [-0.2, -0.15) is 4.39 Å². The minimum Gasteiger partial charge on any atom is -0.443 e. The first-order chi connectivity index (χ1) is 21.8. The molecule has 3 atom stereocenters. The number of hydrogen-bond donors (Lipinski definition) is 1. The van der Waals surface area contributed by atoms with Crippen LogP contribution in [0.15, 0.2) is 72.8 Å². The van der Waals surface area contributed by atoms with E-state index in [-0.39, 0.29) is 24.8 Å². The lowest BCUT2D eigenvalue weighted by Crippen LogP contribution is -2.47. The molecular formula is C36H38F2N4O4. The van der Waals surface area contributed by atoms with E-state index >= 15 is 4.39 Å². The van der Waals surface area contributed by atoms with Crippen LogP contribution in [-0.2, 0) is 26.2 Å². The Kier molecular flexibility index (Phi) is 8.16. The Bertz CT molecular complexity index is 1790. The summed E-state index contributed by atoms with van der Waals surface area (Å²) in [5.41, 5.74) is 1.47. The third kappa shape index (κ3) is 6.38. The lowest BCUT2D eigenvalue weighted by atomic mass is 9.97. The maximum absolute atomic E-state index is 15.2. The second kappa shape index (κ2) is 12.0. The summed E-state index contributed by atoms with van der Waals surface area (Å²) in [7, 11) is 0. The molecule has 3 unspecified atom stereocenters. The first-order valence-electron chi connectivity index (χ1n) is 15.6. The number of para-hydroxylation sites is 1. The summed E-state index contributed by atoms with van der Waals surface area (Å²) in [6.45, 7) is 6.99. The molecule has 2 aromatic carbocycles. The van der Waals surface area contributed by atoms with Gasteiger partial charge in [-0.15, -0.1) is 0 Å². The molecule has 1 saturated carbocycles. The van der Waals surface area contributed by atoms with Crippen molar-refractivity contribution >= 4 is 28.8 Å². The number of amides is 2. The molecule has 0 spiro atoms. The molecule has 3 heterocycles. The Labute approximate surface area is 266 Å². The monoisotopic (exact) mass is 628 g/mol. The lowest BCUT2D eigenvalue weighted by Gasteiger charge is -2.27. The fourth-order valence-corrected chi connectivity index (χ4v) is 6.16. The highest BCUT2D eigenvalue weighted by Gasteiger charge is 2.43. The van der Waals surface area contributed by atoms with Crippen LogP contribution in [0.2, 0.25) is 0 Å². The topological polar surface area (TPSA) is 93.5 Å². The maximum atomic E-state index is 15.2. The Hall–Kier alpha value is -4.60. The van der Waals surface area contributed by atoms with Crippen molar-refractivity contribution in [3.05, 3.63) is 101 Å². The van der Waals surface area contributed by atoms with Crippen molar-refractivity contribution in [2.24, 2.45) is 0 Å². The second-order valence-electron chi connectivity index (χ2n) is 13.6. The van der Waals surface area contributed by atoms with Gasteiger partial charge in [-0.1, -0.05) is 61.5 Å². The van der Waals surface area contributed by atoms with Crippen LogP contribution in [-0.4, -0.2) is 56.7 Å². The first-order valence-corrected chi connectivity index (χ1v) is 15.6. The largest absolute Gasteiger partial charge is 0.443 e. The van der Waals surface area contributed by atoms with Gasteiger partial charge in [0.15, 0.2) is 0 Å². The Balaban J connectivity index is 1.26. The molecular weight excluding hydrogens is 590 g/mol. The zero-order valence-electron chi connectivity index (χ0n) is 26.4. The van der Waals surface area contributed by atoms with Crippen LogP contribution in [0, 0.1) is 5.95 Å². The highest BCUT2D eigenvalue weighted by Crippen LogP contribution is 2.48. The molecule has 2 fully saturated rings. The van der Waals surface area contributed by atoms with E-state index in [0.717, 1.165) is 18.2 Å². The predicted octanol–water partition coefficient (Wildman–Crippen LogP) is 6.40. The number of benzene rings is 2. The standard InChI is InChI=1S/C36H38F2N4O4/c1-35(2,3)46-34(45)42-25(18-23-12-8-9-13-28(23)42)20-30(43)41-21-24(37)19-29(41)33(44)40-31(22-10-6-5-7-11-22)27-15-14-26(32(38)39-27)36(4)16-17-36/h5-15,18,24,29,31H,16-17,19-21H2,1-4H3,(H,40,44). The van der Waals surface area contributed by atoms with Crippen LogP contribution in [0.3, 0.4) is 0 Å². The number of alkyl halides is 1. The molecule has 240 valence electrons. The Morgan fingerprint density at radius 1 is 1.04 bits per heavy atom. The van der Waals surface area contributed by atoms with Crippen molar-refractivity contribution < 1.29 is 27.9 Å². The minimum absolute atomic E-state index is 0.187. The van der Waals surface area contributed by atoms with Gasteiger partial charge in [0.25, 0.3) is 0 Å². The molecule has 1 aliphatic heterocycles. The van der Waals surface area contributed by atoms with Gasteiger partial charge in [0.1, 0.15) is 17.8 Å². The van der Waals surface area contributed by atoms with Crippen LogP contribution in [0.1, 0.15) is 75.5 Å². The Morgan fingerprint density at radius 2 is 1.74 bits per heavy atom. The highest BCUT2D eigenvalue weighted by atomic mass is 19.1. The van der Waals surface area contributed by atoms with E-state index in [1.54, 1.807) is 75.4 Å². The van der Waals surface area contributed by atoms with E-state index in [9.17, 15) is 18.8 Å². The molecule has 2 aliphatic rings. The molecule has 2 amide bonds. The van der Waals surface area contributed by atoms with E-state index in [0.29, 0.717) is 28.0 Å². The molecule has 6 rings (SSSR count). The van der Waals surface area contributed by atoms with Crippen molar-refractivity contribution in [2.75, 3.05) is 6.54 Å². The summed E-state index contributed by atoms with van der Waals surface area (Å²) < 4.78 is 37.1. The molecule has 10 heteroatoms. The van der Waals surface area contributed by atoms with Crippen LogP contribution in [0.25, 0.3) is 10.9 Å². The molecule has 1 aliphatic carbocycles. The number of rotatable bonds is 7. The van der Waals surface area contributed by atoms with Gasteiger partial charge in [0.2, 0.25) is 17.8 Å². The molecule has 0 radical (unpaired) electrons. The summed E-state index contributed by atoms with van der Waals surface area (Å²) in [5.74, 6) is -1.65. The van der Waals surface area contributed by atoms with Crippen LogP contribution < -0.4 is 5.32 Å². The van der Waals surface area contributed by atoms with Gasteiger partial charge >= 0.3 is 6.09 Å². The van der Waals surface area contributed by atoms with Gasteiger partial charge in [-0.3, -0.25) is 9.59 Å². The van der Waals surface area contributed by atoms with Crippen LogP contribution in [0.5, 0.6) is 0 Å². The number of hydrogen-bond acceptors (Lipinski definition) is 5. The van der Waals surface area contributed by atoms with Crippen LogP contribution >= 0.6 is 0 Å². The summed E-state index contributed by atoms with van der Waals surface area (Å²) in [6.07, 6.45) is -0.716. The molecule has 4 aromatic rings. The van der Waals surface area contributed by atoms with Crippen molar-refractivity contribution in [1.82, 2.24) is 19.8 Å². The van der Waals surface area contributed by atoms with E-state index in [1.165, 1.54) is 9.47 Å². The fourth-order valence-electron chi connectivity index (χ4n) is 6.16. The summed E-state index contributed by atoms with van der Waals surface area (Å²) in [4.78, 5) is 46.3. The smallest absolute Gasteiger partial charge is 0.419 e. The van der Waals surface area contributed by atoms with E-state index in [1.807, 2.05) is 25.1 Å². The number of aromatic nitrogens is 2. The number of nitrogens with one attached hydrogen (secondary N) is 1. The minimum atomic E-state index is -1.42. The zero-order chi connectivity index (χ0) is 32.8. The van der Waals surface area contributed by atoms with Gasteiger partial charge in [0.05, 0.1) is 30.2 Å².